The number of phenols is 1. The van der Waals surface area contributed by atoms with Gasteiger partial charge in [0.25, 0.3) is 0 Å². The van der Waals surface area contributed by atoms with E-state index in [0.717, 1.165) is 5.56 Å². The van der Waals surface area contributed by atoms with Crippen molar-refractivity contribution in [3.05, 3.63) is 65.7 Å². The predicted octanol–water partition coefficient (Wildman–Crippen LogP) is 2.09. The fraction of sp³-hybridized carbons (Fsp3) is 0.0667. The Morgan fingerprint density at radius 2 is 1.79 bits per heavy atom. The van der Waals surface area contributed by atoms with Crippen LogP contribution in [-0.4, -0.2) is 17.2 Å². The molecule has 2 rings (SSSR count). The van der Waals surface area contributed by atoms with Crippen molar-refractivity contribution in [2.24, 2.45) is 5.10 Å². The summed E-state index contributed by atoms with van der Waals surface area (Å²) in [6.07, 6.45) is 1.69. The van der Waals surface area contributed by atoms with E-state index in [-0.39, 0.29) is 18.1 Å². The number of hydrogen-bond acceptors (Lipinski definition) is 3. The van der Waals surface area contributed by atoms with Crippen LogP contribution < -0.4 is 5.43 Å². The number of amides is 1. The summed E-state index contributed by atoms with van der Waals surface area (Å²) in [6.45, 7) is 0. The van der Waals surface area contributed by atoms with Crippen LogP contribution in [0.1, 0.15) is 11.1 Å². The van der Waals surface area contributed by atoms with E-state index in [0.29, 0.717) is 5.56 Å². The van der Waals surface area contributed by atoms with Crippen LogP contribution in [0.5, 0.6) is 5.75 Å². The Morgan fingerprint density at radius 3 is 2.53 bits per heavy atom. The molecule has 0 fully saturated rings. The zero-order chi connectivity index (χ0) is 13.5. The highest BCUT2D eigenvalue weighted by atomic mass is 16.3. The number of aromatic hydroxyl groups is 1. The molecule has 2 aromatic rings. The minimum absolute atomic E-state index is 0.128. The number of hydrogen-bond donors (Lipinski definition) is 2. The highest BCUT2D eigenvalue weighted by Gasteiger charge is 2.01. The molecule has 0 aromatic heterocycles. The SMILES string of the molecule is O=C(Cc1ccccc1)N/N=C/c1ccccc1O. The van der Waals surface area contributed by atoms with Gasteiger partial charge in [0, 0.05) is 5.56 Å². The van der Waals surface area contributed by atoms with Crippen molar-refractivity contribution < 1.29 is 9.90 Å². The normalized spacial score (nSPS) is 10.5. The van der Waals surface area contributed by atoms with Gasteiger partial charge in [0.05, 0.1) is 12.6 Å². The highest BCUT2D eigenvalue weighted by Crippen LogP contribution is 2.12. The largest absolute Gasteiger partial charge is 0.507 e. The maximum atomic E-state index is 11.6. The molecule has 1 amide bonds. The van der Waals surface area contributed by atoms with E-state index < -0.39 is 0 Å². The van der Waals surface area contributed by atoms with Gasteiger partial charge in [0.15, 0.2) is 0 Å². The van der Waals surface area contributed by atoms with E-state index in [2.05, 4.69) is 10.5 Å². The van der Waals surface area contributed by atoms with Crippen LogP contribution in [0.25, 0.3) is 0 Å². The molecule has 4 nitrogen and oxygen atoms in total. The summed E-state index contributed by atoms with van der Waals surface area (Å²) in [4.78, 5) is 11.6. The topological polar surface area (TPSA) is 61.7 Å². The molecule has 0 saturated heterocycles. The van der Waals surface area contributed by atoms with Gasteiger partial charge in [-0.2, -0.15) is 5.10 Å². The molecule has 0 radical (unpaired) electrons. The first-order valence-electron chi connectivity index (χ1n) is 5.89. The molecule has 0 aliphatic carbocycles. The second-order valence-corrected chi connectivity index (χ2v) is 4.01. The van der Waals surface area contributed by atoms with Crippen molar-refractivity contribution in [2.45, 2.75) is 6.42 Å². The number of nitrogens with zero attached hydrogens (tertiary/aromatic N) is 1. The van der Waals surface area contributed by atoms with Crippen LogP contribution in [-0.2, 0) is 11.2 Å². The number of carbonyl (C=O) groups excluding carboxylic acids is 1. The van der Waals surface area contributed by atoms with Crippen molar-refractivity contribution >= 4 is 12.1 Å². The molecule has 0 unspecified atom stereocenters. The quantitative estimate of drug-likeness (QED) is 0.648. The molecule has 4 heteroatoms. The fourth-order valence-electron chi connectivity index (χ4n) is 1.59. The van der Waals surface area contributed by atoms with Gasteiger partial charge >= 0.3 is 0 Å². The first-order chi connectivity index (χ1) is 9.25. The van der Waals surface area contributed by atoms with Crippen molar-refractivity contribution in [2.75, 3.05) is 0 Å². The molecule has 0 bridgehead atoms. The number of phenolic OH excluding ortho intramolecular Hbond substituents is 1. The average molecular weight is 254 g/mol. The zero-order valence-electron chi connectivity index (χ0n) is 10.3. The average Bonchev–Trinajstić information content (AvgIpc) is 2.42. The first kappa shape index (κ1) is 12.8. The summed E-state index contributed by atoms with van der Waals surface area (Å²) in [5.74, 6) is -0.0681. The third-order valence-corrected chi connectivity index (χ3v) is 2.54. The molecule has 0 atom stereocenters. The van der Waals surface area contributed by atoms with Crippen LogP contribution >= 0.6 is 0 Å². The summed E-state index contributed by atoms with van der Waals surface area (Å²) in [5, 5.41) is 13.3. The number of nitrogens with one attached hydrogen (secondary N) is 1. The Labute approximate surface area is 111 Å². The standard InChI is InChI=1S/C15H14N2O2/c18-14-9-5-4-8-13(14)11-16-17-15(19)10-12-6-2-1-3-7-12/h1-9,11,18H,10H2,(H,17,19)/b16-11+. The lowest BCUT2D eigenvalue weighted by Crippen LogP contribution is -2.19. The third-order valence-electron chi connectivity index (χ3n) is 2.54. The Balaban J connectivity index is 1.89. The Kier molecular flexibility index (Phi) is 4.29. The van der Waals surface area contributed by atoms with Crippen LogP contribution in [0.2, 0.25) is 0 Å². The van der Waals surface area contributed by atoms with E-state index in [1.54, 1.807) is 24.3 Å². The minimum Gasteiger partial charge on any atom is -0.507 e. The van der Waals surface area contributed by atoms with Crippen LogP contribution in [0, 0.1) is 0 Å². The second-order valence-electron chi connectivity index (χ2n) is 4.01. The number of benzene rings is 2. The molecule has 2 N–H and O–H groups in total. The summed E-state index contributed by atoms with van der Waals surface area (Å²) < 4.78 is 0. The number of hydrazone groups is 1. The van der Waals surface area contributed by atoms with Gasteiger partial charge in [-0.15, -0.1) is 0 Å². The van der Waals surface area contributed by atoms with Crippen LogP contribution in [0.3, 0.4) is 0 Å². The molecule has 0 saturated carbocycles. The van der Waals surface area contributed by atoms with E-state index in [1.807, 2.05) is 30.3 Å². The molecule has 0 heterocycles. The van der Waals surface area contributed by atoms with Gasteiger partial charge in [-0.1, -0.05) is 42.5 Å². The smallest absolute Gasteiger partial charge is 0.244 e. The minimum atomic E-state index is -0.196. The van der Waals surface area contributed by atoms with Crippen molar-refractivity contribution in [3.63, 3.8) is 0 Å². The molecule has 0 aliphatic rings. The van der Waals surface area contributed by atoms with Gasteiger partial charge in [-0.25, -0.2) is 5.43 Å². The Morgan fingerprint density at radius 1 is 1.11 bits per heavy atom. The van der Waals surface area contributed by atoms with Gasteiger partial charge in [-0.05, 0) is 17.7 Å². The highest BCUT2D eigenvalue weighted by molar-refractivity contribution is 5.85. The third kappa shape index (κ3) is 3.96. The first-order valence-corrected chi connectivity index (χ1v) is 5.89. The number of para-hydroxylation sites is 1. The lowest BCUT2D eigenvalue weighted by Gasteiger charge is -2.00. The summed E-state index contributed by atoms with van der Waals surface area (Å²) in [6, 6.07) is 16.2. The maximum absolute atomic E-state index is 11.6. The van der Waals surface area contributed by atoms with Crippen molar-refractivity contribution in [1.29, 1.82) is 0 Å². The van der Waals surface area contributed by atoms with E-state index in [1.165, 1.54) is 6.21 Å². The predicted molar refractivity (Wildman–Crippen MR) is 74.0 cm³/mol. The molecular formula is C15H14N2O2. The summed E-state index contributed by atoms with van der Waals surface area (Å²) >= 11 is 0. The molecule has 2 aromatic carbocycles. The molecular weight excluding hydrogens is 240 g/mol. The molecule has 96 valence electrons. The van der Waals surface area contributed by atoms with E-state index in [4.69, 9.17) is 0 Å². The van der Waals surface area contributed by atoms with Crippen molar-refractivity contribution in [1.82, 2.24) is 5.43 Å². The molecule has 0 spiro atoms. The number of rotatable bonds is 4. The fourth-order valence-corrected chi connectivity index (χ4v) is 1.59. The van der Waals surface area contributed by atoms with Gasteiger partial charge in [0.1, 0.15) is 5.75 Å². The summed E-state index contributed by atoms with van der Waals surface area (Å²) in [5.41, 5.74) is 3.91. The van der Waals surface area contributed by atoms with Gasteiger partial charge in [-0.3, -0.25) is 4.79 Å². The lowest BCUT2D eigenvalue weighted by atomic mass is 10.1. The summed E-state index contributed by atoms with van der Waals surface area (Å²) in [7, 11) is 0. The lowest BCUT2D eigenvalue weighted by molar-refractivity contribution is -0.120. The Bertz CT molecular complexity index is 580. The zero-order valence-corrected chi connectivity index (χ0v) is 10.3. The molecule has 0 aliphatic heterocycles. The van der Waals surface area contributed by atoms with Crippen molar-refractivity contribution in [3.8, 4) is 5.75 Å². The van der Waals surface area contributed by atoms with Gasteiger partial charge < -0.3 is 5.11 Å². The number of carbonyl (C=O) groups is 1. The monoisotopic (exact) mass is 254 g/mol. The van der Waals surface area contributed by atoms with Gasteiger partial charge in [0.2, 0.25) is 5.91 Å². The second kappa shape index (κ2) is 6.35. The Hall–Kier alpha value is -2.62. The van der Waals surface area contributed by atoms with E-state index >= 15 is 0 Å². The van der Waals surface area contributed by atoms with Crippen LogP contribution in [0.15, 0.2) is 59.7 Å². The maximum Gasteiger partial charge on any atom is 0.244 e. The molecule has 19 heavy (non-hydrogen) atoms. The van der Waals surface area contributed by atoms with E-state index in [9.17, 15) is 9.90 Å². The van der Waals surface area contributed by atoms with Crippen LogP contribution in [0.4, 0.5) is 0 Å².